The van der Waals surface area contributed by atoms with Gasteiger partial charge in [-0.3, -0.25) is 0 Å². The molecule has 0 spiro atoms. The molecule has 0 fully saturated rings. The minimum Gasteiger partial charge on any atom is -0.312 e. The Morgan fingerprint density at radius 3 is 0.674 bits per heavy atom. The van der Waals surface area contributed by atoms with Crippen LogP contribution >= 0.6 is 8.60 Å². The van der Waals surface area contributed by atoms with Crippen molar-refractivity contribution in [1.29, 1.82) is 0 Å². The van der Waals surface area contributed by atoms with Crippen LogP contribution in [-0.4, -0.2) is 73.9 Å². The van der Waals surface area contributed by atoms with Crippen molar-refractivity contribution in [3.05, 3.63) is 0 Å². The second-order valence-electron chi connectivity index (χ2n) is 8.36. The van der Waals surface area contributed by atoms with Gasteiger partial charge < -0.3 is 13.6 Å². The van der Waals surface area contributed by atoms with Crippen molar-refractivity contribution in [2.75, 3.05) is 19.8 Å². The van der Waals surface area contributed by atoms with Crippen molar-refractivity contribution >= 4 is 8.60 Å². The molecule has 3 nitrogen and oxygen atoms in total. The summed E-state index contributed by atoms with van der Waals surface area (Å²) in [6.45, 7) is -4.00. The lowest BCUT2D eigenvalue weighted by atomic mass is 10.1. The molecular weight excluding hydrogens is 694 g/mol. The third kappa shape index (κ3) is 10.4. The fourth-order valence-electron chi connectivity index (χ4n) is 2.50. The maximum absolute atomic E-state index is 13.3. The van der Waals surface area contributed by atoms with E-state index in [0.717, 1.165) is 0 Å². The largest absolute Gasteiger partial charge is 0.459 e. The highest BCUT2D eigenvalue weighted by atomic mass is 31.2. The predicted molar refractivity (Wildman–Crippen MR) is 100 cm³/mol. The van der Waals surface area contributed by atoms with Gasteiger partial charge in [0, 0.05) is 19.3 Å². The van der Waals surface area contributed by atoms with Gasteiger partial charge >= 0.3 is 62.7 Å². The number of hydrogen-bond acceptors (Lipinski definition) is 3. The van der Waals surface area contributed by atoms with E-state index in [2.05, 4.69) is 13.6 Å². The summed E-state index contributed by atoms with van der Waals surface area (Å²) in [6, 6.07) is 0. The molecule has 0 aliphatic heterocycles. The monoisotopic (exact) mass is 712 g/mol. The van der Waals surface area contributed by atoms with Gasteiger partial charge in [0.25, 0.3) is 0 Å². The zero-order chi connectivity index (χ0) is 34.6. The zero-order valence-electron chi connectivity index (χ0n) is 20.5. The molecule has 0 aromatic carbocycles. The van der Waals surface area contributed by atoms with Crippen molar-refractivity contribution in [3.8, 4) is 0 Å². The summed E-state index contributed by atoms with van der Waals surface area (Å²) < 4.78 is 280. The first-order valence-electron chi connectivity index (χ1n) is 10.9. The fraction of sp³-hybridized carbons (Fsp3) is 1.00. The first-order valence-corrected chi connectivity index (χ1v) is 12.0. The maximum Gasteiger partial charge on any atom is 0.459 e. The lowest BCUT2D eigenvalue weighted by molar-refractivity contribution is -0.356. The third-order valence-corrected chi connectivity index (χ3v) is 6.12. The van der Waals surface area contributed by atoms with Crippen LogP contribution in [0.4, 0.5) is 92.2 Å². The quantitative estimate of drug-likeness (QED) is 0.0805. The number of halogens is 21. The number of rotatable bonds is 18. The van der Waals surface area contributed by atoms with Crippen molar-refractivity contribution in [1.82, 2.24) is 0 Å². The summed E-state index contributed by atoms with van der Waals surface area (Å²) in [7, 11) is -3.32. The van der Waals surface area contributed by atoms with Gasteiger partial charge in [-0.25, -0.2) is 0 Å². The van der Waals surface area contributed by atoms with E-state index in [-0.39, 0.29) is 0 Å². The highest BCUT2D eigenvalue weighted by Gasteiger charge is 2.74. The second kappa shape index (κ2) is 14.1. The Morgan fingerprint density at radius 1 is 0.326 bits per heavy atom. The minimum atomic E-state index is -6.72. The normalized spacial score (nSPS) is 15.5. The molecule has 0 atom stereocenters. The van der Waals surface area contributed by atoms with Crippen LogP contribution in [0.1, 0.15) is 38.5 Å². The number of alkyl halides is 21. The summed E-state index contributed by atoms with van der Waals surface area (Å²) >= 11 is 0. The molecule has 0 unspecified atom stereocenters. The van der Waals surface area contributed by atoms with Crippen molar-refractivity contribution < 1.29 is 106 Å². The molecule has 0 aromatic rings. The molecule has 0 rings (SSSR count). The van der Waals surface area contributed by atoms with E-state index in [1.54, 1.807) is 0 Å². The Balaban J connectivity index is 5.30. The summed E-state index contributed by atoms with van der Waals surface area (Å²) in [5.41, 5.74) is 0. The molecule has 0 aromatic heterocycles. The SMILES string of the molecule is FC(F)(F)C(F)(F)C(F)(F)CCCOP(OCCCC(F)(F)C(F)(F)C(F)(F)F)OCCCC(F)(F)C(F)(F)C(F)(F)F. The van der Waals surface area contributed by atoms with Crippen LogP contribution < -0.4 is 0 Å². The first kappa shape index (κ1) is 41.8. The van der Waals surface area contributed by atoms with Crippen molar-refractivity contribution in [2.24, 2.45) is 0 Å². The average Bonchev–Trinajstić information content (AvgIpc) is 2.78. The van der Waals surface area contributed by atoms with Gasteiger partial charge in [-0.05, 0) is 19.3 Å². The molecule has 0 bridgehead atoms. The van der Waals surface area contributed by atoms with Crippen LogP contribution in [-0.2, 0) is 13.6 Å². The van der Waals surface area contributed by atoms with Crippen molar-refractivity contribution in [3.63, 3.8) is 0 Å². The Kier molecular flexibility index (Phi) is 13.7. The zero-order valence-corrected chi connectivity index (χ0v) is 21.4. The second-order valence-corrected chi connectivity index (χ2v) is 9.59. The molecule has 0 aliphatic carbocycles. The summed E-state index contributed by atoms with van der Waals surface area (Å²) in [5.74, 6) is -36.9. The number of hydrogen-bond donors (Lipinski definition) is 0. The molecule has 0 amide bonds. The van der Waals surface area contributed by atoms with Gasteiger partial charge in [0.05, 0.1) is 19.8 Å². The van der Waals surface area contributed by atoms with Crippen LogP contribution in [0.15, 0.2) is 0 Å². The smallest absolute Gasteiger partial charge is 0.312 e. The lowest BCUT2D eigenvalue weighted by Crippen LogP contribution is -2.51. The topological polar surface area (TPSA) is 27.7 Å². The van der Waals surface area contributed by atoms with E-state index < -0.39 is 121 Å². The van der Waals surface area contributed by atoms with Crippen LogP contribution in [0.25, 0.3) is 0 Å². The Hall–Kier alpha value is -1.16. The van der Waals surface area contributed by atoms with Crippen LogP contribution in [0.3, 0.4) is 0 Å². The molecule has 43 heavy (non-hydrogen) atoms. The summed E-state index contributed by atoms with van der Waals surface area (Å²) in [4.78, 5) is 0. The average molecular weight is 712 g/mol. The van der Waals surface area contributed by atoms with E-state index in [0.29, 0.717) is 0 Å². The Labute approximate surface area is 228 Å². The van der Waals surface area contributed by atoms with Gasteiger partial charge in [0.15, 0.2) is 0 Å². The summed E-state index contributed by atoms with van der Waals surface area (Å²) in [5, 5.41) is 0. The standard InChI is InChI=1S/C18H18F21O3P/c19-10(20,13(25,26)16(31,32)33)4-1-7-40-43(41-8-2-5-11(21,22)14(27,28)17(34,35)36)42-9-3-6-12(23,24)15(29,30)18(37,38)39/h1-9H2. The van der Waals surface area contributed by atoms with E-state index in [1.165, 1.54) is 0 Å². The molecular formula is C18H18F21O3P. The molecule has 0 saturated carbocycles. The van der Waals surface area contributed by atoms with Crippen LogP contribution in [0.2, 0.25) is 0 Å². The third-order valence-electron chi connectivity index (χ3n) is 4.94. The van der Waals surface area contributed by atoms with E-state index in [9.17, 15) is 92.2 Å². The van der Waals surface area contributed by atoms with Gasteiger partial charge in [-0.2, -0.15) is 92.2 Å². The summed E-state index contributed by atoms with van der Waals surface area (Å²) in [6.07, 6.45) is -31.2. The molecule has 25 heteroatoms. The van der Waals surface area contributed by atoms with Gasteiger partial charge in [0.2, 0.25) is 0 Å². The van der Waals surface area contributed by atoms with Crippen LogP contribution in [0, 0.1) is 0 Å². The predicted octanol–water partition coefficient (Wildman–Crippen LogP) is 10.1. The van der Waals surface area contributed by atoms with E-state index >= 15 is 0 Å². The fourth-order valence-corrected chi connectivity index (χ4v) is 3.56. The van der Waals surface area contributed by atoms with Gasteiger partial charge in [0.1, 0.15) is 0 Å². The molecule has 0 radical (unpaired) electrons. The molecule has 0 heterocycles. The maximum atomic E-state index is 13.3. The van der Waals surface area contributed by atoms with Crippen LogP contribution in [0.5, 0.6) is 0 Å². The first-order chi connectivity index (χ1) is 18.8. The Bertz CT molecular complexity index is 742. The highest BCUT2D eigenvalue weighted by molar-refractivity contribution is 7.41. The lowest BCUT2D eigenvalue weighted by Gasteiger charge is -2.28. The van der Waals surface area contributed by atoms with Crippen molar-refractivity contribution in [2.45, 2.75) is 92.6 Å². The molecule has 0 N–H and O–H groups in total. The van der Waals surface area contributed by atoms with Gasteiger partial charge in [-0.1, -0.05) is 0 Å². The Morgan fingerprint density at radius 2 is 0.512 bits per heavy atom. The highest BCUT2D eigenvalue weighted by Crippen LogP contribution is 2.51. The minimum absolute atomic E-state index is 1.33. The van der Waals surface area contributed by atoms with Gasteiger partial charge in [-0.15, -0.1) is 0 Å². The molecule has 0 saturated heterocycles. The van der Waals surface area contributed by atoms with E-state index in [4.69, 9.17) is 0 Å². The molecule has 260 valence electrons. The van der Waals surface area contributed by atoms with E-state index in [1.807, 2.05) is 0 Å². The molecule has 0 aliphatic rings.